The maximum atomic E-state index is 5.70. The fraction of sp³-hybridized carbons (Fsp3) is 0.333. The van der Waals surface area contributed by atoms with Crippen molar-refractivity contribution in [3.63, 3.8) is 0 Å². The highest BCUT2D eigenvalue weighted by Crippen LogP contribution is 2.16. The van der Waals surface area contributed by atoms with Gasteiger partial charge in [0.1, 0.15) is 11.9 Å². The smallest absolute Gasteiger partial charge is 0.119 e. The van der Waals surface area contributed by atoms with Crippen LogP contribution >= 0.6 is 24.0 Å². The number of rotatable bonds is 3. The second-order valence-electron chi connectivity index (χ2n) is 2.62. The standard InChI is InChI=1S/C9H12ClNO.ClH/c1-7(6-11)12-9-4-2-8(10)3-5-9;/h2-5,7H,6,11H2,1H3;1H/t7-;/m0./s1. The van der Waals surface area contributed by atoms with Crippen LogP contribution in [0.1, 0.15) is 6.92 Å². The topological polar surface area (TPSA) is 35.2 Å². The Morgan fingerprint density at radius 2 is 1.92 bits per heavy atom. The van der Waals surface area contributed by atoms with Crippen molar-refractivity contribution in [2.24, 2.45) is 5.73 Å². The summed E-state index contributed by atoms with van der Waals surface area (Å²) in [7, 11) is 0. The summed E-state index contributed by atoms with van der Waals surface area (Å²) in [6.07, 6.45) is 0.0474. The zero-order valence-electron chi connectivity index (χ0n) is 7.37. The van der Waals surface area contributed by atoms with Gasteiger partial charge in [-0.1, -0.05) is 11.6 Å². The number of hydrogen-bond donors (Lipinski definition) is 1. The van der Waals surface area contributed by atoms with E-state index in [-0.39, 0.29) is 18.5 Å². The summed E-state index contributed by atoms with van der Waals surface area (Å²) in [5.74, 6) is 0.803. The predicted octanol–water partition coefficient (Wildman–Crippen LogP) is 2.49. The van der Waals surface area contributed by atoms with Crippen LogP contribution in [0.4, 0.5) is 0 Å². The molecule has 2 nitrogen and oxygen atoms in total. The first-order valence-corrected chi connectivity index (χ1v) is 4.22. The molecule has 0 aliphatic heterocycles. The molecular weight excluding hydrogens is 209 g/mol. The van der Waals surface area contributed by atoms with Gasteiger partial charge in [-0.3, -0.25) is 0 Å². The lowest BCUT2D eigenvalue weighted by Crippen LogP contribution is -2.22. The Bertz CT molecular complexity index is 238. The van der Waals surface area contributed by atoms with Gasteiger partial charge >= 0.3 is 0 Å². The van der Waals surface area contributed by atoms with Crippen LogP contribution in [-0.2, 0) is 0 Å². The first-order valence-electron chi connectivity index (χ1n) is 3.84. The van der Waals surface area contributed by atoms with Crippen molar-refractivity contribution in [1.82, 2.24) is 0 Å². The normalized spacial score (nSPS) is 11.6. The molecule has 0 amide bonds. The molecule has 0 aliphatic carbocycles. The lowest BCUT2D eigenvalue weighted by molar-refractivity contribution is 0.230. The van der Waals surface area contributed by atoms with E-state index in [4.69, 9.17) is 22.1 Å². The van der Waals surface area contributed by atoms with Gasteiger partial charge < -0.3 is 10.5 Å². The van der Waals surface area contributed by atoms with Gasteiger partial charge in [-0.25, -0.2) is 0 Å². The monoisotopic (exact) mass is 221 g/mol. The molecule has 0 saturated carbocycles. The third kappa shape index (κ3) is 4.36. The van der Waals surface area contributed by atoms with E-state index in [0.717, 1.165) is 5.75 Å². The number of ether oxygens (including phenoxy) is 1. The largest absolute Gasteiger partial charge is 0.489 e. The van der Waals surface area contributed by atoms with E-state index in [9.17, 15) is 0 Å². The molecule has 4 heteroatoms. The Labute approximate surface area is 89.4 Å². The maximum absolute atomic E-state index is 5.70. The first-order chi connectivity index (χ1) is 5.72. The van der Waals surface area contributed by atoms with Crippen molar-refractivity contribution < 1.29 is 4.74 Å². The van der Waals surface area contributed by atoms with Crippen molar-refractivity contribution in [3.8, 4) is 5.75 Å². The van der Waals surface area contributed by atoms with E-state index >= 15 is 0 Å². The second kappa shape index (κ2) is 6.08. The summed E-state index contributed by atoms with van der Waals surface area (Å²) in [6, 6.07) is 7.24. The van der Waals surface area contributed by atoms with Gasteiger partial charge in [-0.05, 0) is 31.2 Å². The third-order valence-corrected chi connectivity index (χ3v) is 1.73. The second-order valence-corrected chi connectivity index (χ2v) is 3.05. The molecule has 0 spiro atoms. The van der Waals surface area contributed by atoms with E-state index in [1.165, 1.54) is 0 Å². The Balaban J connectivity index is 0.00000144. The van der Waals surface area contributed by atoms with Crippen molar-refractivity contribution in [1.29, 1.82) is 0 Å². The van der Waals surface area contributed by atoms with Crippen LogP contribution in [0, 0.1) is 0 Å². The van der Waals surface area contributed by atoms with Crippen LogP contribution in [-0.4, -0.2) is 12.6 Å². The molecule has 1 atom stereocenters. The molecule has 1 aromatic carbocycles. The van der Waals surface area contributed by atoms with Crippen LogP contribution in [0.25, 0.3) is 0 Å². The van der Waals surface area contributed by atoms with E-state index in [1.54, 1.807) is 12.1 Å². The Morgan fingerprint density at radius 3 is 2.38 bits per heavy atom. The highest BCUT2D eigenvalue weighted by molar-refractivity contribution is 6.30. The molecule has 0 unspecified atom stereocenters. The number of benzene rings is 1. The van der Waals surface area contributed by atoms with E-state index in [1.807, 2.05) is 19.1 Å². The van der Waals surface area contributed by atoms with Gasteiger partial charge in [0, 0.05) is 11.6 Å². The lowest BCUT2D eigenvalue weighted by atomic mass is 10.3. The van der Waals surface area contributed by atoms with E-state index < -0.39 is 0 Å². The van der Waals surface area contributed by atoms with Crippen LogP contribution < -0.4 is 10.5 Å². The molecule has 74 valence electrons. The summed E-state index contributed by atoms with van der Waals surface area (Å²) in [6.45, 7) is 2.44. The minimum atomic E-state index is 0. The molecule has 0 aromatic heterocycles. The van der Waals surface area contributed by atoms with Gasteiger partial charge in [-0.2, -0.15) is 0 Å². The fourth-order valence-corrected chi connectivity index (χ4v) is 0.920. The van der Waals surface area contributed by atoms with Crippen molar-refractivity contribution in [2.75, 3.05) is 6.54 Å². The zero-order chi connectivity index (χ0) is 8.97. The Hall–Kier alpha value is -0.440. The molecule has 1 aromatic rings. The van der Waals surface area contributed by atoms with E-state index in [0.29, 0.717) is 11.6 Å². The quantitative estimate of drug-likeness (QED) is 0.852. The highest BCUT2D eigenvalue weighted by Gasteiger charge is 1.99. The van der Waals surface area contributed by atoms with Crippen molar-refractivity contribution in [3.05, 3.63) is 29.3 Å². The molecule has 1 rings (SSSR count). The van der Waals surface area contributed by atoms with E-state index in [2.05, 4.69) is 0 Å². The fourth-order valence-electron chi connectivity index (χ4n) is 0.794. The highest BCUT2D eigenvalue weighted by atomic mass is 35.5. The van der Waals surface area contributed by atoms with Crippen LogP contribution in [0.15, 0.2) is 24.3 Å². The summed E-state index contributed by atoms with van der Waals surface area (Å²) in [5, 5.41) is 0.711. The third-order valence-electron chi connectivity index (χ3n) is 1.48. The molecule has 0 saturated heterocycles. The average molecular weight is 222 g/mol. The van der Waals surface area contributed by atoms with Crippen LogP contribution in [0.5, 0.6) is 5.75 Å². The molecular formula is C9H13Cl2NO. The van der Waals surface area contributed by atoms with Crippen molar-refractivity contribution >= 4 is 24.0 Å². The molecule has 0 radical (unpaired) electrons. The van der Waals surface area contributed by atoms with Crippen LogP contribution in [0.3, 0.4) is 0 Å². The Morgan fingerprint density at radius 1 is 1.38 bits per heavy atom. The molecule has 0 bridgehead atoms. The van der Waals surface area contributed by atoms with Crippen LogP contribution in [0.2, 0.25) is 5.02 Å². The summed E-state index contributed by atoms with van der Waals surface area (Å²) < 4.78 is 5.43. The molecule has 2 N–H and O–H groups in total. The lowest BCUT2D eigenvalue weighted by Gasteiger charge is -2.11. The summed E-state index contributed by atoms with van der Waals surface area (Å²) in [4.78, 5) is 0. The number of nitrogens with two attached hydrogens (primary N) is 1. The Kier molecular flexibility index (Phi) is 5.88. The first kappa shape index (κ1) is 12.6. The minimum absolute atomic E-state index is 0. The SMILES string of the molecule is C[C@@H](CN)Oc1ccc(Cl)cc1.Cl. The summed E-state index contributed by atoms with van der Waals surface area (Å²) >= 11 is 5.70. The zero-order valence-corrected chi connectivity index (χ0v) is 8.94. The van der Waals surface area contributed by atoms with Gasteiger partial charge in [-0.15, -0.1) is 12.4 Å². The average Bonchev–Trinajstić information content (AvgIpc) is 2.09. The molecule has 0 fully saturated rings. The molecule has 13 heavy (non-hydrogen) atoms. The minimum Gasteiger partial charge on any atom is -0.489 e. The van der Waals surface area contributed by atoms with Crippen molar-refractivity contribution in [2.45, 2.75) is 13.0 Å². The van der Waals surface area contributed by atoms with Gasteiger partial charge in [0.2, 0.25) is 0 Å². The maximum Gasteiger partial charge on any atom is 0.119 e. The molecule has 0 heterocycles. The number of halogens is 2. The van der Waals surface area contributed by atoms with Gasteiger partial charge in [0.25, 0.3) is 0 Å². The predicted molar refractivity (Wildman–Crippen MR) is 57.8 cm³/mol. The molecule has 0 aliphatic rings. The van der Waals surface area contributed by atoms with Gasteiger partial charge in [0.15, 0.2) is 0 Å². The number of hydrogen-bond acceptors (Lipinski definition) is 2. The van der Waals surface area contributed by atoms with Gasteiger partial charge in [0.05, 0.1) is 0 Å². The summed E-state index contributed by atoms with van der Waals surface area (Å²) in [5.41, 5.74) is 5.40.